The molecule has 0 saturated heterocycles. The van der Waals surface area contributed by atoms with E-state index in [0.29, 0.717) is 5.21 Å². The summed E-state index contributed by atoms with van der Waals surface area (Å²) in [7, 11) is 0. The highest BCUT2D eigenvalue weighted by atomic mass is 14.2. The van der Waals surface area contributed by atoms with Gasteiger partial charge in [0.25, 0.3) is 0 Å². The molecule has 0 bridgehead atoms. The summed E-state index contributed by atoms with van der Waals surface area (Å²) in [4.78, 5) is 0. The molecule has 0 spiro atoms. The topological polar surface area (TPSA) is 0 Å². The molecule has 0 heterocycles. The molecule has 0 atom stereocenters. The first kappa shape index (κ1) is 34.1. The number of unbranched alkanes of at least 4 members (excludes halogenated alkanes) is 13. The minimum Gasteiger partial charge on any atom is -0.0743 e. The lowest BCUT2D eigenvalue weighted by Crippen LogP contribution is -2.45. The molecule has 0 aromatic carbocycles. The predicted octanol–water partition coefficient (Wildman–Crippen LogP) is 12.6. The molecule has 0 aliphatic rings. The molecule has 34 heavy (non-hydrogen) atoms. The van der Waals surface area contributed by atoms with Gasteiger partial charge < -0.3 is 0 Å². The van der Waals surface area contributed by atoms with Crippen LogP contribution in [0.15, 0.2) is 0 Å². The molecule has 0 unspecified atom stereocenters. The van der Waals surface area contributed by atoms with Crippen LogP contribution in [0.25, 0.3) is 0 Å². The number of rotatable bonds is 27. The Hall–Kier alpha value is 0.130. The van der Waals surface area contributed by atoms with Gasteiger partial charge in [0, 0.05) is 0 Å². The highest BCUT2D eigenvalue weighted by Crippen LogP contribution is 2.50. The monoisotopic (exact) mass is 475 g/mol. The Morgan fingerprint density at radius 2 is 0.647 bits per heavy atom. The third kappa shape index (κ3) is 15.3. The molecule has 0 fully saturated rings. The molecule has 0 rings (SSSR count). The van der Waals surface area contributed by atoms with Gasteiger partial charge in [-0.15, -0.1) is 0 Å². The first-order chi connectivity index (χ1) is 16.7. The average molecular weight is 475 g/mol. The maximum Gasteiger partial charge on any atom is 0.138 e. The number of hydrogen-bond acceptors (Lipinski definition) is 0. The van der Waals surface area contributed by atoms with Gasteiger partial charge in [0.05, 0.1) is 0 Å². The molecule has 0 saturated carbocycles. The summed E-state index contributed by atoms with van der Waals surface area (Å²) in [6, 6.07) is 0. The minimum absolute atomic E-state index is 0.627. The zero-order valence-electron chi connectivity index (χ0n) is 25.3. The van der Waals surface area contributed by atoms with Gasteiger partial charge in [-0.1, -0.05) is 207 Å². The summed E-state index contributed by atoms with van der Waals surface area (Å²) in [5.41, 5.74) is 0. The van der Waals surface area contributed by atoms with E-state index in [0.717, 1.165) is 13.4 Å². The molecule has 0 aromatic heterocycles. The molecule has 0 nitrogen and oxygen atoms in total. The van der Waals surface area contributed by atoms with Crippen LogP contribution in [0.2, 0.25) is 30.5 Å². The van der Waals surface area contributed by atoms with E-state index in [2.05, 4.69) is 41.5 Å². The van der Waals surface area contributed by atoms with Gasteiger partial charge in [-0.3, -0.25) is 0 Å². The highest BCUT2D eigenvalue weighted by Gasteiger charge is 2.45. The van der Waals surface area contributed by atoms with Crippen molar-refractivity contribution in [3.05, 3.63) is 0 Å². The van der Waals surface area contributed by atoms with Crippen LogP contribution in [-0.4, -0.2) is 13.4 Å². The third-order valence-corrected chi connectivity index (χ3v) is 8.96. The van der Waals surface area contributed by atoms with Crippen molar-refractivity contribution in [3.8, 4) is 0 Å². The molecular weight excluding hydrogens is 406 g/mol. The zero-order chi connectivity index (χ0) is 25.3. The van der Waals surface area contributed by atoms with Gasteiger partial charge in [0.1, 0.15) is 13.4 Å². The zero-order valence-corrected chi connectivity index (χ0v) is 25.3. The lowest BCUT2D eigenvalue weighted by Gasteiger charge is -2.46. The Kier molecular flexibility index (Phi) is 24.9. The minimum atomic E-state index is 0.627. The van der Waals surface area contributed by atoms with Crippen molar-refractivity contribution < 1.29 is 0 Å². The van der Waals surface area contributed by atoms with Crippen LogP contribution < -0.4 is 0 Å². The van der Waals surface area contributed by atoms with Crippen molar-refractivity contribution in [3.63, 3.8) is 0 Å². The fourth-order valence-electron chi connectivity index (χ4n) is 6.95. The summed E-state index contributed by atoms with van der Waals surface area (Å²) in [5, 5.41) is 0.627. The second-order valence-electron chi connectivity index (χ2n) is 11.9. The molecule has 202 valence electrons. The van der Waals surface area contributed by atoms with Crippen LogP contribution in [0.4, 0.5) is 0 Å². The van der Waals surface area contributed by atoms with Gasteiger partial charge in [-0.25, -0.2) is 0 Å². The Labute approximate surface area is 220 Å². The second kappa shape index (κ2) is 24.8. The van der Waals surface area contributed by atoms with E-state index in [4.69, 9.17) is 0 Å². The lowest BCUT2D eigenvalue weighted by molar-refractivity contribution is 0.533. The normalized spacial score (nSPS) is 11.8. The Balaban J connectivity index is 5.85. The quantitative estimate of drug-likeness (QED) is 0.0820. The Morgan fingerprint density at radius 3 is 0.912 bits per heavy atom. The summed E-state index contributed by atoms with van der Waals surface area (Å²) in [5.74, 6) is 0. The van der Waals surface area contributed by atoms with E-state index in [1.54, 1.807) is 0 Å². The molecule has 0 aliphatic carbocycles. The van der Waals surface area contributed by atoms with E-state index >= 15 is 0 Å². The third-order valence-electron chi connectivity index (χ3n) is 8.96. The van der Waals surface area contributed by atoms with Gasteiger partial charge >= 0.3 is 0 Å². The first-order valence-corrected chi connectivity index (χ1v) is 16.7. The highest BCUT2D eigenvalue weighted by molar-refractivity contribution is 6.82. The standard InChI is InChI=1S/C32H68B2/c1-7-13-18-22-28-33(29-23-19-14-8-2)32(26-12-6,27-17-11-5)34(30-24-20-15-9-3)31-25-21-16-10-4/h7-31H2,1-6H3. The van der Waals surface area contributed by atoms with E-state index in [-0.39, 0.29) is 0 Å². The van der Waals surface area contributed by atoms with Crippen LogP contribution in [-0.2, 0) is 0 Å². The predicted molar refractivity (Wildman–Crippen MR) is 164 cm³/mol. The van der Waals surface area contributed by atoms with Gasteiger partial charge in [-0.2, -0.15) is 0 Å². The van der Waals surface area contributed by atoms with Gasteiger partial charge in [-0.05, 0) is 0 Å². The molecule has 0 radical (unpaired) electrons. The summed E-state index contributed by atoms with van der Waals surface area (Å²) in [6.07, 6.45) is 36.4. The summed E-state index contributed by atoms with van der Waals surface area (Å²) >= 11 is 0. The van der Waals surface area contributed by atoms with Crippen LogP contribution in [0, 0.1) is 0 Å². The molecular formula is C32H68B2. The smallest absolute Gasteiger partial charge is 0.0743 e. The fourth-order valence-corrected chi connectivity index (χ4v) is 6.95. The van der Waals surface area contributed by atoms with Crippen molar-refractivity contribution in [2.75, 3.05) is 0 Å². The maximum absolute atomic E-state index is 2.50. The molecule has 0 aromatic rings. The average Bonchev–Trinajstić information content (AvgIpc) is 2.85. The largest absolute Gasteiger partial charge is 0.138 e. The molecule has 0 aliphatic heterocycles. The number of hydrogen-bond donors (Lipinski definition) is 0. The van der Waals surface area contributed by atoms with Crippen LogP contribution >= 0.6 is 0 Å². The van der Waals surface area contributed by atoms with E-state index in [9.17, 15) is 0 Å². The second-order valence-corrected chi connectivity index (χ2v) is 11.9. The van der Waals surface area contributed by atoms with Crippen LogP contribution in [0.3, 0.4) is 0 Å². The first-order valence-electron chi connectivity index (χ1n) is 16.7. The van der Waals surface area contributed by atoms with Gasteiger partial charge in [0.15, 0.2) is 0 Å². The molecule has 0 N–H and O–H groups in total. The fraction of sp³-hybridized carbons (Fsp3) is 1.00. The Morgan fingerprint density at radius 1 is 0.324 bits per heavy atom. The van der Waals surface area contributed by atoms with Crippen molar-refractivity contribution >= 4 is 13.4 Å². The molecule has 0 amide bonds. The van der Waals surface area contributed by atoms with Crippen LogP contribution in [0.5, 0.6) is 0 Å². The summed E-state index contributed by atoms with van der Waals surface area (Å²) < 4.78 is 0. The van der Waals surface area contributed by atoms with Crippen molar-refractivity contribution in [2.24, 2.45) is 0 Å². The van der Waals surface area contributed by atoms with Gasteiger partial charge in [0.2, 0.25) is 0 Å². The van der Waals surface area contributed by atoms with Crippen LogP contribution in [0.1, 0.15) is 176 Å². The Bertz CT molecular complexity index is 342. The maximum atomic E-state index is 2.50. The molecule has 2 heteroatoms. The van der Waals surface area contributed by atoms with Crippen molar-refractivity contribution in [2.45, 2.75) is 207 Å². The lowest BCUT2D eigenvalue weighted by atomic mass is 9.09. The van der Waals surface area contributed by atoms with Crippen molar-refractivity contribution in [1.29, 1.82) is 0 Å². The SMILES string of the molecule is CCCCCCB(CCCCCC)C(CCC)(CCCC)B(CCCCCC)CCCCCC. The van der Waals surface area contributed by atoms with Crippen molar-refractivity contribution in [1.82, 2.24) is 0 Å². The van der Waals surface area contributed by atoms with E-state index < -0.39 is 0 Å². The van der Waals surface area contributed by atoms with E-state index in [1.165, 1.54) is 160 Å². The summed E-state index contributed by atoms with van der Waals surface area (Å²) in [6.45, 7) is 16.4. The van der Waals surface area contributed by atoms with E-state index in [1.807, 2.05) is 0 Å².